The predicted octanol–water partition coefficient (Wildman–Crippen LogP) is 2.15. The Balaban J connectivity index is 1.96. The van der Waals surface area contributed by atoms with Crippen molar-refractivity contribution in [2.45, 2.75) is 82.3 Å². The molecule has 2 saturated carbocycles. The molecule has 2 N–H and O–H groups in total. The van der Waals surface area contributed by atoms with Gasteiger partial charge in [0.1, 0.15) is 5.54 Å². The van der Waals surface area contributed by atoms with Gasteiger partial charge in [-0.1, -0.05) is 32.1 Å². The van der Waals surface area contributed by atoms with Crippen molar-refractivity contribution in [3.63, 3.8) is 0 Å². The summed E-state index contributed by atoms with van der Waals surface area (Å²) in [7, 11) is 1.99. The molecule has 0 aliphatic heterocycles. The Morgan fingerprint density at radius 1 is 1.14 bits per heavy atom. The van der Waals surface area contributed by atoms with Gasteiger partial charge in [0.05, 0.1) is 6.04 Å². The minimum Gasteiger partial charge on any atom is -0.480 e. The Labute approximate surface area is 127 Å². The molecule has 0 radical (unpaired) electrons. The molecule has 0 aromatic rings. The van der Waals surface area contributed by atoms with E-state index in [-0.39, 0.29) is 11.9 Å². The second-order valence-corrected chi connectivity index (χ2v) is 6.72. The largest absolute Gasteiger partial charge is 0.480 e. The zero-order valence-corrected chi connectivity index (χ0v) is 13.2. The summed E-state index contributed by atoms with van der Waals surface area (Å²) in [6, 6.07) is 0.175. The Kier molecular flexibility index (Phi) is 5.25. The topological polar surface area (TPSA) is 69.6 Å². The number of nitrogens with one attached hydrogen (secondary N) is 1. The van der Waals surface area contributed by atoms with E-state index in [0.29, 0.717) is 18.9 Å². The molecule has 0 unspecified atom stereocenters. The number of aliphatic carboxylic acids is 1. The van der Waals surface area contributed by atoms with Crippen molar-refractivity contribution < 1.29 is 14.7 Å². The molecule has 0 spiro atoms. The molecule has 0 heterocycles. The van der Waals surface area contributed by atoms with E-state index >= 15 is 0 Å². The van der Waals surface area contributed by atoms with Crippen LogP contribution in [0, 0.1) is 0 Å². The third kappa shape index (κ3) is 3.57. The fraction of sp³-hybridized carbons (Fsp3) is 0.875. The highest BCUT2D eigenvalue weighted by Gasteiger charge is 2.43. The number of carboxylic acids is 1. The number of carbonyl (C=O) groups excluding carboxylic acids is 1. The van der Waals surface area contributed by atoms with Crippen LogP contribution in [-0.4, -0.2) is 46.6 Å². The molecule has 1 atom stereocenters. The summed E-state index contributed by atoms with van der Waals surface area (Å²) in [4.78, 5) is 26.1. The van der Waals surface area contributed by atoms with Crippen LogP contribution < -0.4 is 5.32 Å². The minimum atomic E-state index is -1.03. The summed E-state index contributed by atoms with van der Waals surface area (Å²) in [6.07, 6.45) is 8.86. The monoisotopic (exact) mass is 296 g/mol. The van der Waals surface area contributed by atoms with Gasteiger partial charge in [0, 0.05) is 6.04 Å². The van der Waals surface area contributed by atoms with Crippen molar-refractivity contribution in [3.8, 4) is 0 Å². The van der Waals surface area contributed by atoms with Gasteiger partial charge in [-0.2, -0.15) is 0 Å². The lowest BCUT2D eigenvalue weighted by Gasteiger charge is -2.36. The molecule has 0 saturated heterocycles. The van der Waals surface area contributed by atoms with E-state index in [9.17, 15) is 14.7 Å². The number of likely N-dealkylation sites (N-methyl/N-ethyl adjacent to an activating group) is 1. The van der Waals surface area contributed by atoms with Crippen molar-refractivity contribution in [1.29, 1.82) is 0 Å². The van der Waals surface area contributed by atoms with Crippen LogP contribution in [0.3, 0.4) is 0 Å². The van der Waals surface area contributed by atoms with Crippen LogP contribution in [0.15, 0.2) is 0 Å². The first-order chi connectivity index (χ1) is 9.96. The van der Waals surface area contributed by atoms with Gasteiger partial charge >= 0.3 is 5.97 Å². The third-order valence-corrected chi connectivity index (χ3v) is 5.37. The average Bonchev–Trinajstić information content (AvgIpc) is 2.96. The first-order valence-corrected chi connectivity index (χ1v) is 8.24. The number of nitrogens with zero attached hydrogens (tertiary/aromatic N) is 1. The first-order valence-electron chi connectivity index (χ1n) is 8.24. The lowest BCUT2D eigenvalue weighted by molar-refractivity contribution is -0.148. The summed E-state index contributed by atoms with van der Waals surface area (Å²) in [5, 5.41) is 12.3. The maximum Gasteiger partial charge on any atom is 0.329 e. The second-order valence-electron chi connectivity index (χ2n) is 6.72. The second kappa shape index (κ2) is 6.77. The van der Waals surface area contributed by atoms with E-state index < -0.39 is 11.5 Å². The van der Waals surface area contributed by atoms with Gasteiger partial charge < -0.3 is 10.4 Å². The Hall–Kier alpha value is -1.10. The molecular weight excluding hydrogens is 268 g/mol. The molecule has 1 amide bonds. The normalized spacial score (nSPS) is 24.0. The molecule has 0 aromatic heterocycles. The van der Waals surface area contributed by atoms with E-state index in [4.69, 9.17) is 0 Å². The lowest BCUT2D eigenvalue weighted by atomic mass is 9.93. The summed E-state index contributed by atoms with van der Waals surface area (Å²) in [6.45, 7) is 1.88. The molecule has 21 heavy (non-hydrogen) atoms. The number of carboxylic acid groups (broad SMARTS) is 1. The molecular formula is C16H28N2O3. The number of hydrogen-bond donors (Lipinski definition) is 2. The summed E-state index contributed by atoms with van der Waals surface area (Å²) in [5.41, 5.74) is -1.03. The van der Waals surface area contributed by atoms with Gasteiger partial charge in [-0.05, 0) is 39.7 Å². The molecule has 5 heteroatoms. The quantitative estimate of drug-likeness (QED) is 0.815. The van der Waals surface area contributed by atoms with Gasteiger partial charge in [0.25, 0.3) is 0 Å². The van der Waals surface area contributed by atoms with Crippen molar-refractivity contribution in [2.75, 3.05) is 7.05 Å². The number of amides is 1. The van der Waals surface area contributed by atoms with Gasteiger partial charge in [-0.25, -0.2) is 4.79 Å². The van der Waals surface area contributed by atoms with Crippen LogP contribution in [0.2, 0.25) is 0 Å². The summed E-state index contributed by atoms with van der Waals surface area (Å²) < 4.78 is 0. The highest BCUT2D eigenvalue weighted by atomic mass is 16.4. The number of rotatable bonds is 5. The predicted molar refractivity (Wildman–Crippen MR) is 81.1 cm³/mol. The van der Waals surface area contributed by atoms with E-state index in [0.717, 1.165) is 25.7 Å². The first kappa shape index (κ1) is 16.3. The zero-order chi connectivity index (χ0) is 15.5. The van der Waals surface area contributed by atoms with E-state index in [1.54, 1.807) is 0 Å². The van der Waals surface area contributed by atoms with Crippen molar-refractivity contribution in [1.82, 2.24) is 10.2 Å². The number of carbonyl (C=O) groups is 2. The fourth-order valence-electron chi connectivity index (χ4n) is 3.70. The van der Waals surface area contributed by atoms with Crippen LogP contribution in [0.1, 0.15) is 64.7 Å². The van der Waals surface area contributed by atoms with Crippen LogP contribution in [0.5, 0.6) is 0 Å². The van der Waals surface area contributed by atoms with Crippen molar-refractivity contribution in [3.05, 3.63) is 0 Å². The summed E-state index contributed by atoms with van der Waals surface area (Å²) in [5.74, 6) is -1.03. The third-order valence-electron chi connectivity index (χ3n) is 5.37. The van der Waals surface area contributed by atoms with Gasteiger partial charge in [-0.15, -0.1) is 0 Å². The van der Waals surface area contributed by atoms with Gasteiger partial charge in [0.2, 0.25) is 5.91 Å². The molecule has 0 bridgehead atoms. The van der Waals surface area contributed by atoms with E-state index in [2.05, 4.69) is 10.2 Å². The van der Waals surface area contributed by atoms with Crippen molar-refractivity contribution in [2.24, 2.45) is 0 Å². The van der Waals surface area contributed by atoms with E-state index in [1.165, 1.54) is 19.3 Å². The maximum absolute atomic E-state index is 12.5. The average molecular weight is 296 g/mol. The lowest BCUT2D eigenvalue weighted by Crippen LogP contribution is -2.58. The molecule has 2 fully saturated rings. The van der Waals surface area contributed by atoms with Crippen LogP contribution >= 0.6 is 0 Å². The molecule has 2 aliphatic carbocycles. The van der Waals surface area contributed by atoms with E-state index in [1.807, 2.05) is 14.0 Å². The van der Waals surface area contributed by atoms with Crippen LogP contribution in [0.4, 0.5) is 0 Å². The van der Waals surface area contributed by atoms with Crippen molar-refractivity contribution >= 4 is 11.9 Å². The standard InChI is InChI=1S/C16H28N2O3/c1-12(18(2)13-8-4-3-5-9-13)14(19)17-16(15(20)21)10-6-7-11-16/h12-13H,3-11H2,1-2H3,(H,17,19)(H,20,21)/t12-/m0/s1. The maximum atomic E-state index is 12.5. The molecule has 2 rings (SSSR count). The van der Waals surface area contributed by atoms with Crippen LogP contribution in [-0.2, 0) is 9.59 Å². The number of hydrogen-bond acceptors (Lipinski definition) is 3. The molecule has 2 aliphatic rings. The smallest absolute Gasteiger partial charge is 0.329 e. The molecule has 120 valence electrons. The summed E-state index contributed by atoms with van der Waals surface area (Å²) >= 11 is 0. The Morgan fingerprint density at radius 3 is 2.24 bits per heavy atom. The van der Waals surface area contributed by atoms with Gasteiger partial charge in [0.15, 0.2) is 0 Å². The molecule has 5 nitrogen and oxygen atoms in total. The Morgan fingerprint density at radius 2 is 1.71 bits per heavy atom. The van der Waals surface area contributed by atoms with Crippen LogP contribution in [0.25, 0.3) is 0 Å². The SMILES string of the molecule is C[C@@H](C(=O)NC1(C(=O)O)CCCC1)N(C)C1CCCCC1. The fourth-order valence-corrected chi connectivity index (χ4v) is 3.70. The Bertz CT molecular complexity index is 385. The minimum absolute atomic E-state index is 0.146. The van der Waals surface area contributed by atoms with Gasteiger partial charge in [-0.3, -0.25) is 9.69 Å². The molecule has 0 aromatic carbocycles. The highest BCUT2D eigenvalue weighted by Crippen LogP contribution is 2.30. The zero-order valence-electron chi connectivity index (χ0n) is 13.2. The highest BCUT2D eigenvalue weighted by molar-refractivity contribution is 5.89.